The average Bonchev–Trinajstić information content (AvgIpc) is 3.04. The van der Waals surface area contributed by atoms with Crippen LogP contribution in [-0.4, -0.2) is 39.7 Å². The molecule has 0 atom stereocenters. The molecule has 0 radical (unpaired) electrons. The second-order valence-corrected chi connectivity index (χ2v) is 5.75. The maximum absolute atomic E-state index is 9.43. The third kappa shape index (κ3) is 3.79. The number of benzene rings is 1. The Morgan fingerprint density at radius 1 is 1.24 bits per heavy atom. The summed E-state index contributed by atoms with van der Waals surface area (Å²) in [4.78, 5) is 6.51. The van der Waals surface area contributed by atoms with Crippen LogP contribution in [0.1, 0.15) is 16.8 Å². The van der Waals surface area contributed by atoms with Gasteiger partial charge in [0.05, 0.1) is 31.2 Å². The van der Waals surface area contributed by atoms with Crippen molar-refractivity contribution < 1.29 is 9.84 Å². The van der Waals surface area contributed by atoms with Crippen LogP contribution in [-0.2, 0) is 13.1 Å². The van der Waals surface area contributed by atoms with Crippen molar-refractivity contribution in [3.8, 4) is 11.8 Å². The molecule has 0 aliphatic heterocycles. The number of para-hydroxylation sites is 1. The van der Waals surface area contributed by atoms with Crippen molar-refractivity contribution in [1.82, 2.24) is 14.3 Å². The van der Waals surface area contributed by atoms with Crippen molar-refractivity contribution in [3.05, 3.63) is 65.6 Å². The molecule has 128 valence electrons. The molecule has 1 N–H and O–H groups in total. The highest BCUT2D eigenvalue weighted by Gasteiger charge is 2.13. The SMILES string of the molecule is COc1ccccc1CN(CCO)Cc1cnc2ccc(C#N)cn12. The number of nitrogens with zero attached hydrogens (tertiary/aromatic N) is 4. The highest BCUT2D eigenvalue weighted by atomic mass is 16.5. The lowest BCUT2D eigenvalue weighted by atomic mass is 10.2. The van der Waals surface area contributed by atoms with Crippen LogP contribution in [0.5, 0.6) is 5.75 Å². The first-order chi connectivity index (χ1) is 12.2. The van der Waals surface area contributed by atoms with E-state index in [2.05, 4.69) is 16.0 Å². The summed E-state index contributed by atoms with van der Waals surface area (Å²) in [6.45, 7) is 1.85. The van der Waals surface area contributed by atoms with E-state index in [1.54, 1.807) is 19.4 Å². The zero-order chi connectivity index (χ0) is 17.6. The first-order valence-corrected chi connectivity index (χ1v) is 8.06. The molecule has 0 aliphatic carbocycles. The number of hydrogen-bond donors (Lipinski definition) is 1. The van der Waals surface area contributed by atoms with Gasteiger partial charge in [0.25, 0.3) is 0 Å². The molecule has 3 aromatic rings. The molecule has 2 aromatic heterocycles. The molecule has 0 saturated heterocycles. The normalized spacial score (nSPS) is 11.0. The third-order valence-electron chi connectivity index (χ3n) is 4.10. The summed E-state index contributed by atoms with van der Waals surface area (Å²) in [7, 11) is 1.66. The van der Waals surface area contributed by atoms with Gasteiger partial charge in [-0.3, -0.25) is 4.90 Å². The van der Waals surface area contributed by atoms with Gasteiger partial charge in [0.15, 0.2) is 0 Å². The molecule has 2 heterocycles. The highest BCUT2D eigenvalue weighted by Crippen LogP contribution is 2.20. The van der Waals surface area contributed by atoms with Gasteiger partial charge in [-0.25, -0.2) is 4.98 Å². The van der Waals surface area contributed by atoms with E-state index in [4.69, 9.17) is 10.00 Å². The van der Waals surface area contributed by atoms with Gasteiger partial charge in [0.1, 0.15) is 17.5 Å². The van der Waals surface area contributed by atoms with E-state index in [0.29, 0.717) is 25.2 Å². The Kier molecular flexibility index (Phi) is 5.29. The van der Waals surface area contributed by atoms with E-state index in [1.165, 1.54) is 0 Å². The van der Waals surface area contributed by atoms with E-state index < -0.39 is 0 Å². The van der Waals surface area contributed by atoms with Crippen LogP contribution >= 0.6 is 0 Å². The van der Waals surface area contributed by atoms with Gasteiger partial charge < -0.3 is 14.2 Å². The van der Waals surface area contributed by atoms with Crippen LogP contribution < -0.4 is 4.74 Å². The van der Waals surface area contributed by atoms with Gasteiger partial charge in [0.2, 0.25) is 0 Å². The van der Waals surface area contributed by atoms with Crippen LogP contribution in [0.2, 0.25) is 0 Å². The van der Waals surface area contributed by atoms with Gasteiger partial charge >= 0.3 is 0 Å². The Morgan fingerprint density at radius 3 is 2.84 bits per heavy atom. The minimum atomic E-state index is 0.0648. The van der Waals surface area contributed by atoms with Gasteiger partial charge in [-0.15, -0.1) is 0 Å². The second kappa shape index (κ2) is 7.79. The summed E-state index contributed by atoms with van der Waals surface area (Å²) in [5.74, 6) is 0.829. The summed E-state index contributed by atoms with van der Waals surface area (Å²) < 4.78 is 7.34. The molecule has 1 aromatic carbocycles. The minimum Gasteiger partial charge on any atom is -0.496 e. The van der Waals surface area contributed by atoms with E-state index in [1.807, 2.05) is 40.9 Å². The first kappa shape index (κ1) is 17.0. The molecule has 6 heteroatoms. The summed E-state index contributed by atoms with van der Waals surface area (Å²) in [6.07, 6.45) is 3.60. The number of ether oxygens (including phenoxy) is 1. The Labute approximate surface area is 146 Å². The molecule has 0 saturated carbocycles. The Hall–Kier alpha value is -2.88. The van der Waals surface area contributed by atoms with Crippen LogP contribution in [0.15, 0.2) is 48.8 Å². The van der Waals surface area contributed by atoms with Crippen molar-refractivity contribution in [2.24, 2.45) is 0 Å². The number of rotatable bonds is 7. The number of pyridine rings is 1. The van der Waals surface area contributed by atoms with Crippen LogP contribution in [0.3, 0.4) is 0 Å². The van der Waals surface area contributed by atoms with Gasteiger partial charge in [-0.2, -0.15) is 5.26 Å². The third-order valence-corrected chi connectivity index (χ3v) is 4.10. The molecule has 25 heavy (non-hydrogen) atoms. The fraction of sp³-hybridized carbons (Fsp3) is 0.263. The molecule has 0 fully saturated rings. The number of fused-ring (bicyclic) bond motifs is 1. The molecule has 3 rings (SSSR count). The zero-order valence-corrected chi connectivity index (χ0v) is 14.1. The monoisotopic (exact) mass is 336 g/mol. The van der Waals surface area contributed by atoms with Crippen molar-refractivity contribution in [3.63, 3.8) is 0 Å². The Balaban J connectivity index is 1.86. The van der Waals surface area contributed by atoms with Crippen LogP contribution in [0.4, 0.5) is 0 Å². The zero-order valence-electron chi connectivity index (χ0n) is 14.1. The standard InChI is InChI=1S/C19H20N4O2/c1-25-18-5-3-2-4-16(18)13-22(8-9-24)14-17-11-21-19-7-6-15(10-20)12-23(17)19/h2-7,11-12,24H,8-9,13-14H2,1H3. The summed E-state index contributed by atoms with van der Waals surface area (Å²) in [5, 5.41) is 18.5. The topological polar surface area (TPSA) is 73.8 Å². The number of nitriles is 1. The van der Waals surface area contributed by atoms with E-state index in [-0.39, 0.29) is 6.61 Å². The van der Waals surface area contributed by atoms with Crippen molar-refractivity contribution >= 4 is 5.65 Å². The first-order valence-electron chi connectivity index (χ1n) is 8.06. The second-order valence-electron chi connectivity index (χ2n) is 5.75. The van der Waals surface area contributed by atoms with Gasteiger partial charge in [0, 0.05) is 31.4 Å². The molecule has 0 unspecified atom stereocenters. The van der Waals surface area contributed by atoms with E-state index >= 15 is 0 Å². The summed E-state index contributed by atoms with van der Waals surface area (Å²) >= 11 is 0. The molecule has 0 bridgehead atoms. The lowest BCUT2D eigenvalue weighted by molar-refractivity contribution is 0.181. The highest BCUT2D eigenvalue weighted by molar-refractivity contribution is 5.44. The average molecular weight is 336 g/mol. The number of hydrogen-bond acceptors (Lipinski definition) is 5. The number of imidazole rings is 1. The number of aliphatic hydroxyl groups excluding tert-OH is 1. The van der Waals surface area contributed by atoms with Gasteiger partial charge in [-0.05, 0) is 18.2 Å². The number of methoxy groups -OCH3 is 1. The fourth-order valence-electron chi connectivity index (χ4n) is 2.87. The predicted molar refractivity (Wildman–Crippen MR) is 94.1 cm³/mol. The maximum atomic E-state index is 9.43. The lowest BCUT2D eigenvalue weighted by Gasteiger charge is -2.22. The smallest absolute Gasteiger partial charge is 0.137 e. The van der Waals surface area contributed by atoms with Gasteiger partial charge in [-0.1, -0.05) is 18.2 Å². The minimum absolute atomic E-state index is 0.0648. The molecular weight excluding hydrogens is 316 g/mol. The van der Waals surface area contributed by atoms with E-state index in [9.17, 15) is 5.11 Å². The molecule has 6 nitrogen and oxygen atoms in total. The number of aliphatic hydroxyl groups is 1. The van der Waals surface area contributed by atoms with Crippen LogP contribution in [0, 0.1) is 11.3 Å². The fourth-order valence-corrected chi connectivity index (χ4v) is 2.87. The summed E-state index contributed by atoms with van der Waals surface area (Å²) in [5.41, 5.74) is 3.42. The summed E-state index contributed by atoms with van der Waals surface area (Å²) in [6, 6.07) is 13.6. The quantitative estimate of drug-likeness (QED) is 0.716. The predicted octanol–water partition coefficient (Wildman–Crippen LogP) is 2.21. The molecular formula is C19H20N4O2. The molecule has 0 spiro atoms. The Morgan fingerprint density at radius 2 is 2.08 bits per heavy atom. The van der Waals surface area contributed by atoms with E-state index in [0.717, 1.165) is 22.7 Å². The van der Waals surface area contributed by atoms with Crippen molar-refractivity contribution in [2.75, 3.05) is 20.3 Å². The molecule has 0 amide bonds. The largest absolute Gasteiger partial charge is 0.496 e. The van der Waals surface area contributed by atoms with Crippen LogP contribution in [0.25, 0.3) is 5.65 Å². The number of aromatic nitrogens is 2. The van der Waals surface area contributed by atoms with Crippen molar-refractivity contribution in [2.45, 2.75) is 13.1 Å². The van der Waals surface area contributed by atoms with Crippen molar-refractivity contribution in [1.29, 1.82) is 5.26 Å². The lowest BCUT2D eigenvalue weighted by Crippen LogP contribution is -2.27. The maximum Gasteiger partial charge on any atom is 0.137 e. The molecule has 0 aliphatic rings. The Bertz CT molecular complexity index is 898.